The maximum atomic E-state index is 5.89. The number of nitrogens with one attached hydrogen (secondary N) is 2. The van der Waals surface area contributed by atoms with Crippen molar-refractivity contribution in [3.63, 3.8) is 0 Å². The number of nitrogens with two attached hydrogens (primary N) is 1. The Labute approximate surface area is 91.9 Å². The molecule has 0 bridgehead atoms. The van der Waals surface area contributed by atoms with Gasteiger partial charge in [0, 0.05) is 19.7 Å². The van der Waals surface area contributed by atoms with Crippen molar-refractivity contribution in [2.75, 3.05) is 19.7 Å². The zero-order chi connectivity index (χ0) is 10.5. The maximum Gasteiger partial charge on any atom is 0.109 e. The standard InChI is InChI=1S/C11H23N3O/c12-11-13-6-10(7-14-11)15-8-9-4-2-1-3-5-9/h9-11,13-14H,1-8,12H2. The molecule has 0 amide bonds. The normalized spacial score (nSPS) is 34.2. The molecule has 0 aromatic carbocycles. The smallest absolute Gasteiger partial charge is 0.109 e. The summed E-state index contributed by atoms with van der Waals surface area (Å²) in [5.74, 6) is 0.800. The van der Waals surface area contributed by atoms with Gasteiger partial charge in [0.15, 0.2) is 0 Å². The summed E-state index contributed by atoms with van der Waals surface area (Å²) in [6.07, 6.45) is 7.14. The van der Waals surface area contributed by atoms with Crippen LogP contribution in [-0.2, 0) is 4.74 Å². The Kier molecular flexibility index (Phi) is 4.38. The van der Waals surface area contributed by atoms with Crippen molar-refractivity contribution in [2.45, 2.75) is 44.5 Å². The Hall–Kier alpha value is -0.160. The SMILES string of the molecule is NC1NCC(OCC2CCCCC2)CN1. The molecule has 15 heavy (non-hydrogen) atoms. The minimum atomic E-state index is -0.0560. The number of ether oxygens (including phenoxy) is 1. The molecule has 0 aromatic rings. The van der Waals surface area contributed by atoms with E-state index in [0.29, 0.717) is 6.10 Å². The zero-order valence-electron chi connectivity index (χ0n) is 9.37. The number of hydrogen-bond donors (Lipinski definition) is 3. The molecule has 1 aliphatic heterocycles. The summed E-state index contributed by atoms with van der Waals surface area (Å²) in [5, 5.41) is 6.32. The summed E-state index contributed by atoms with van der Waals surface area (Å²) in [6.45, 7) is 2.69. The summed E-state index contributed by atoms with van der Waals surface area (Å²) in [4.78, 5) is 0. The van der Waals surface area contributed by atoms with Gasteiger partial charge < -0.3 is 10.5 Å². The second-order valence-corrected chi connectivity index (χ2v) is 4.75. The van der Waals surface area contributed by atoms with Crippen LogP contribution in [0, 0.1) is 5.92 Å². The average Bonchev–Trinajstić information content (AvgIpc) is 2.30. The van der Waals surface area contributed by atoms with Crippen molar-refractivity contribution in [3.8, 4) is 0 Å². The molecule has 0 aromatic heterocycles. The molecular formula is C11H23N3O. The molecule has 2 aliphatic rings. The molecule has 0 spiro atoms. The first-order valence-electron chi connectivity index (χ1n) is 6.18. The minimum absolute atomic E-state index is 0.0560. The van der Waals surface area contributed by atoms with Crippen LogP contribution in [-0.4, -0.2) is 32.1 Å². The van der Waals surface area contributed by atoms with Gasteiger partial charge in [-0.25, -0.2) is 0 Å². The van der Waals surface area contributed by atoms with Gasteiger partial charge in [-0.1, -0.05) is 19.3 Å². The molecule has 1 heterocycles. The van der Waals surface area contributed by atoms with Crippen LogP contribution < -0.4 is 16.4 Å². The number of hydrogen-bond acceptors (Lipinski definition) is 4. The Morgan fingerprint density at radius 2 is 1.73 bits per heavy atom. The molecule has 1 saturated heterocycles. The highest BCUT2D eigenvalue weighted by atomic mass is 16.5. The van der Waals surface area contributed by atoms with E-state index in [2.05, 4.69) is 10.6 Å². The highest BCUT2D eigenvalue weighted by molar-refractivity contribution is 4.75. The van der Waals surface area contributed by atoms with E-state index in [1.54, 1.807) is 0 Å². The molecule has 4 nitrogen and oxygen atoms in total. The van der Waals surface area contributed by atoms with Gasteiger partial charge in [0.2, 0.25) is 0 Å². The van der Waals surface area contributed by atoms with Gasteiger partial charge in [-0.05, 0) is 18.8 Å². The second-order valence-electron chi connectivity index (χ2n) is 4.75. The van der Waals surface area contributed by atoms with Crippen molar-refractivity contribution < 1.29 is 4.74 Å². The van der Waals surface area contributed by atoms with Crippen molar-refractivity contribution in [1.82, 2.24) is 10.6 Å². The van der Waals surface area contributed by atoms with Crippen molar-refractivity contribution in [3.05, 3.63) is 0 Å². The summed E-state index contributed by atoms with van der Waals surface area (Å²) in [7, 11) is 0. The molecule has 88 valence electrons. The molecular weight excluding hydrogens is 190 g/mol. The lowest BCUT2D eigenvalue weighted by Gasteiger charge is -2.30. The van der Waals surface area contributed by atoms with Crippen LogP contribution in [0.5, 0.6) is 0 Å². The van der Waals surface area contributed by atoms with Crippen LogP contribution in [0.2, 0.25) is 0 Å². The first-order valence-corrected chi connectivity index (χ1v) is 6.18. The van der Waals surface area contributed by atoms with Crippen LogP contribution in [0.3, 0.4) is 0 Å². The monoisotopic (exact) mass is 213 g/mol. The quantitative estimate of drug-likeness (QED) is 0.634. The highest BCUT2D eigenvalue weighted by Crippen LogP contribution is 2.23. The summed E-state index contributed by atoms with van der Waals surface area (Å²) >= 11 is 0. The third-order valence-electron chi connectivity index (χ3n) is 3.42. The maximum absolute atomic E-state index is 5.89. The molecule has 1 aliphatic carbocycles. The molecule has 1 saturated carbocycles. The van der Waals surface area contributed by atoms with Crippen LogP contribution in [0.1, 0.15) is 32.1 Å². The Balaban J connectivity index is 1.60. The van der Waals surface area contributed by atoms with Gasteiger partial charge in [-0.2, -0.15) is 0 Å². The van der Waals surface area contributed by atoms with Crippen molar-refractivity contribution >= 4 is 0 Å². The minimum Gasteiger partial charge on any atom is -0.375 e. The molecule has 4 N–H and O–H groups in total. The first-order chi connectivity index (χ1) is 7.34. The summed E-state index contributed by atoms with van der Waals surface area (Å²) < 4.78 is 5.89. The molecule has 0 atom stereocenters. The van der Waals surface area contributed by atoms with Gasteiger partial charge in [0.25, 0.3) is 0 Å². The van der Waals surface area contributed by atoms with Crippen LogP contribution in [0.4, 0.5) is 0 Å². The van der Waals surface area contributed by atoms with E-state index >= 15 is 0 Å². The molecule has 2 fully saturated rings. The summed E-state index contributed by atoms with van der Waals surface area (Å²) in [5.41, 5.74) is 5.66. The first kappa shape index (κ1) is 11.3. The zero-order valence-corrected chi connectivity index (χ0v) is 9.37. The van der Waals surface area contributed by atoms with E-state index in [1.165, 1.54) is 32.1 Å². The Morgan fingerprint density at radius 3 is 2.40 bits per heavy atom. The fourth-order valence-electron chi connectivity index (χ4n) is 2.40. The van der Waals surface area contributed by atoms with E-state index in [1.807, 2.05) is 0 Å². The van der Waals surface area contributed by atoms with Crippen LogP contribution in [0.25, 0.3) is 0 Å². The molecule has 0 radical (unpaired) electrons. The predicted octanol–water partition coefficient (Wildman–Crippen LogP) is 0.387. The fraction of sp³-hybridized carbons (Fsp3) is 1.00. The molecule has 2 rings (SSSR count). The van der Waals surface area contributed by atoms with E-state index in [-0.39, 0.29) is 6.29 Å². The van der Waals surface area contributed by atoms with E-state index in [4.69, 9.17) is 10.5 Å². The lowest BCUT2D eigenvalue weighted by molar-refractivity contribution is 0.00686. The molecule has 0 unspecified atom stereocenters. The van der Waals surface area contributed by atoms with E-state index in [0.717, 1.165) is 25.6 Å². The average molecular weight is 213 g/mol. The fourth-order valence-corrected chi connectivity index (χ4v) is 2.40. The third-order valence-corrected chi connectivity index (χ3v) is 3.42. The molecule has 4 heteroatoms. The Bertz CT molecular complexity index is 175. The summed E-state index contributed by atoms with van der Waals surface area (Å²) in [6, 6.07) is 0. The van der Waals surface area contributed by atoms with Crippen LogP contribution >= 0.6 is 0 Å². The van der Waals surface area contributed by atoms with E-state index < -0.39 is 0 Å². The lowest BCUT2D eigenvalue weighted by atomic mass is 9.90. The van der Waals surface area contributed by atoms with Gasteiger partial charge in [-0.15, -0.1) is 0 Å². The van der Waals surface area contributed by atoms with Gasteiger partial charge in [-0.3, -0.25) is 10.6 Å². The largest absolute Gasteiger partial charge is 0.375 e. The third kappa shape index (κ3) is 3.72. The predicted molar refractivity (Wildman–Crippen MR) is 60.3 cm³/mol. The van der Waals surface area contributed by atoms with Crippen LogP contribution in [0.15, 0.2) is 0 Å². The van der Waals surface area contributed by atoms with Crippen molar-refractivity contribution in [1.29, 1.82) is 0 Å². The van der Waals surface area contributed by atoms with Gasteiger partial charge >= 0.3 is 0 Å². The van der Waals surface area contributed by atoms with Gasteiger partial charge in [0.1, 0.15) is 6.29 Å². The van der Waals surface area contributed by atoms with Crippen molar-refractivity contribution in [2.24, 2.45) is 11.7 Å². The lowest BCUT2D eigenvalue weighted by Crippen LogP contribution is -2.60. The number of rotatable bonds is 3. The van der Waals surface area contributed by atoms with Gasteiger partial charge in [0.05, 0.1) is 6.10 Å². The Morgan fingerprint density at radius 1 is 1.07 bits per heavy atom. The second kappa shape index (κ2) is 5.80. The van der Waals surface area contributed by atoms with E-state index in [9.17, 15) is 0 Å². The highest BCUT2D eigenvalue weighted by Gasteiger charge is 2.20. The topological polar surface area (TPSA) is 59.3 Å².